The topological polar surface area (TPSA) is 29.5 Å². The maximum Gasteiger partial charge on any atom is 0.416 e. The van der Waals surface area contributed by atoms with Crippen LogP contribution in [-0.2, 0) is 15.7 Å². The van der Waals surface area contributed by atoms with E-state index in [0.29, 0.717) is 37.4 Å². The van der Waals surface area contributed by atoms with Crippen LogP contribution in [0.15, 0.2) is 54.6 Å². The molecule has 1 aliphatic heterocycles. The quantitative estimate of drug-likeness (QED) is 0.502. The number of alkyl halides is 3. The number of morpholine rings is 1. The molecule has 0 unspecified atom stereocenters. The van der Waals surface area contributed by atoms with E-state index in [2.05, 4.69) is 0 Å². The fraction of sp³-hybridized carbons (Fsp3) is 0.292. The predicted octanol–water partition coefficient (Wildman–Crippen LogP) is 5.28. The molecule has 3 rings (SSSR count). The highest BCUT2D eigenvalue weighted by atomic mass is 19.4. The Kier molecular flexibility index (Phi) is 6.77. The molecule has 1 amide bonds. The highest BCUT2D eigenvalue weighted by Gasteiger charge is 2.29. The number of ether oxygens (including phenoxy) is 1. The number of carbonyl (C=O) groups is 1. The first-order valence-corrected chi connectivity index (χ1v) is 9.75. The van der Waals surface area contributed by atoms with Gasteiger partial charge in [-0.1, -0.05) is 42.5 Å². The summed E-state index contributed by atoms with van der Waals surface area (Å²) in [6.07, 6.45) is 0.701. The predicted molar refractivity (Wildman–Crippen MR) is 112 cm³/mol. The third kappa shape index (κ3) is 5.60. The lowest BCUT2D eigenvalue weighted by Crippen LogP contribution is -2.39. The van der Waals surface area contributed by atoms with Crippen LogP contribution >= 0.6 is 0 Å². The molecule has 158 valence electrons. The Morgan fingerprint density at radius 1 is 1.00 bits per heavy atom. The average Bonchev–Trinajstić information content (AvgIpc) is 2.73. The van der Waals surface area contributed by atoms with Gasteiger partial charge in [0.1, 0.15) is 0 Å². The molecule has 0 saturated carbocycles. The van der Waals surface area contributed by atoms with Crippen LogP contribution in [0.2, 0.25) is 0 Å². The Labute approximate surface area is 174 Å². The van der Waals surface area contributed by atoms with Crippen molar-refractivity contribution in [1.29, 1.82) is 0 Å². The SMILES string of the molecule is Cc1ccc(C(C=Cc2ccc(C(F)(F)F)cc2)=CC(=O)N2CCOCC2)cc1C. The molecule has 30 heavy (non-hydrogen) atoms. The molecule has 6 heteroatoms. The number of allylic oxidation sites excluding steroid dienone is 2. The van der Waals surface area contributed by atoms with Crippen LogP contribution in [0.4, 0.5) is 13.2 Å². The summed E-state index contributed by atoms with van der Waals surface area (Å²) >= 11 is 0. The van der Waals surface area contributed by atoms with Crippen LogP contribution in [-0.4, -0.2) is 37.1 Å². The average molecular weight is 415 g/mol. The Balaban J connectivity index is 1.90. The molecule has 2 aromatic carbocycles. The molecule has 0 aliphatic carbocycles. The van der Waals surface area contributed by atoms with Crippen LogP contribution in [0.3, 0.4) is 0 Å². The zero-order valence-corrected chi connectivity index (χ0v) is 17.0. The van der Waals surface area contributed by atoms with Gasteiger partial charge in [0.15, 0.2) is 0 Å². The number of amides is 1. The van der Waals surface area contributed by atoms with Crippen molar-refractivity contribution in [3.63, 3.8) is 0 Å². The lowest BCUT2D eigenvalue weighted by atomic mass is 9.99. The van der Waals surface area contributed by atoms with Gasteiger partial charge in [0, 0.05) is 19.2 Å². The molecule has 2 aromatic rings. The first-order chi connectivity index (χ1) is 14.2. The lowest BCUT2D eigenvalue weighted by molar-refractivity contribution is -0.137. The second kappa shape index (κ2) is 9.30. The number of hydrogen-bond acceptors (Lipinski definition) is 2. The summed E-state index contributed by atoms with van der Waals surface area (Å²) in [6.45, 7) is 6.12. The van der Waals surface area contributed by atoms with E-state index in [9.17, 15) is 18.0 Å². The maximum atomic E-state index is 12.8. The minimum Gasteiger partial charge on any atom is -0.378 e. The Hall–Kier alpha value is -2.86. The molecule has 0 radical (unpaired) electrons. The number of benzene rings is 2. The van der Waals surface area contributed by atoms with Gasteiger partial charge in [-0.2, -0.15) is 13.2 Å². The van der Waals surface area contributed by atoms with E-state index >= 15 is 0 Å². The second-order valence-electron chi connectivity index (χ2n) is 7.29. The maximum absolute atomic E-state index is 12.8. The summed E-state index contributed by atoms with van der Waals surface area (Å²) in [4.78, 5) is 14.5. The summed E-state index contributed by atoms with van der Waals surface area (Å²) in [7, 11) is 0. The number of rotatable bonds is 4. The van der Waals surface area contributed by atoms with Gasteiger partial charge >= 0.3 is 6.18 Å². The van der Waals surface area contributed by atoms with E-state index in [1.807, 2.05) is 32.0 Å². The molecule has 1 heterocycles. The van der Waals surface area contributed by atoms with Crippen LogP contribution < -0.4 is 0 Å². The number of carbonyl (C=O) groups excluding carboxylic acids is 1. The van der Waals surface area contributed by atoms with Gasteiger partial charge in [0.2, 0.25) is 5.91 Å². The molecule has 0 aromatic heterocycles. The van der Waals surface area contributed by atoms with E-state index in [1.165, 1.54) is 12.1 Å². The van der Waals surface area contributed by atoms with Gasteiger partial charge in [0.05, 0.1) is 18.8 Å². The van der Waals surface area contributed by atoms with Gasteiger partial charge in [0.25, 0.3) is 0 Å². The molecule has 3 nitrogen and oxygen atoms in total. The van der Waals surface area contributed by atoms with Crippen molar-refractivity contribution in [3.05, 3.63) is 82.4 Å². The third-order valence-electron chi connectivity index (χ3n) is 5.14. The molecular formula is C24H24F3NO2. The van der Waals surface area contributed by atoms with Gasteiger partial charge in [-0.15, -0.1) is 0 Å². The van der Waals surface area contributed by atoms with Gasteiger partial charge in [-0.3, -0.25) is 4.79 Å². The first-order valence-electron chi connectivity index (χ1n) is 9.75. The third-order valence-corrected chi connectivity index (χ3v) is 5.14. The van der Waals surface area contributed by atoms with Crippen molar-refractivity contribution < 1.29 is 22.7 Å². The number of halogens is 3. The second-order valence-corrected chi connectivity index (χ2v) is 7.29. The number of nitrogens with zero attached hydrogens (tertiary/aromatic N) is 1. The molecule has 1 aliphatic rings. The minimum atomic E-state index is -4.36. The van der Waals surface area contributed by atoms with E-state index < -0.39 is 11.7 Å². The van der Waals surface area contributed by atoms with Crippen molar-refractivity contribution in [1.82, 2.24) is 4.90 Å². The smallest absolute Gasteiger partial charge is 0.378 e. The molecule has 0 atom stereocenters. The Bertz CT molecular complexity index is 953. The number of hydrogen-bond donors (Lipinski definition) is 0. The summed E-state index contributed by atoms with van der Waals surface area (Å²) in [5.74, 6) is -0.108. The molecule has 1 fully saturated rings. The summed E-state index contributed by atoms with van der Waals surface area (Å²) in [5, 5.41) is 0. The largest absolute Gasteiger partial charge is 0.416 e. The normalized spacial score (nSPS) is 15.6. The Morgan fingerprint density at radius 2 is 1.67 bits per heavy atom. The highest BCUT2D eigenvalue weighted by molar-refractivity contribution is 5.98. The Morgan fingerprint density at radius 3 is 2.27 bits per heavy atom. The lowest BCUT2D eigenvalue weighted by Gasteiger charge is -2.26. The highest BCUT2D eigenvalue weighted by Crippen LogP contribution is 2.29. The molecule has 0 N–H and O–H groups in total. The van der Waals surface area contributed by atoms with Crippen molar-refractivity contribution in [3.8, 4) is 0 Å². The fourth-order valence-corrected chi connectivity index (χ4v) is 3.13. The van der Waals surface area contributed by atoms with Gasteiger partial charge in [-0.05, 0) is 53.8 Å². The summed E-state index contributed by atoms with van der Waals surface area (Å²) in [6, 6.07) is 10.9. The van der Waals surface area contributed by atoms with Crippen LogP contribution in [0.1, 0.15) is 27.8 Å². The van der Waals surface area contributed by atoms with Gasteiger partial charge < -0.3 is 9.64 Å². The van der Waals surface area contributed by atoms with Crippen molar-refractivity contribution >= 4 is 17.6 Å². The molecule has 1 saturated heterocycles. The van der Waals surface area contributed by atoms with E-state index in [0.717, 1.165) is 28.8 Å². The fourth-order valence-electron chi connectivity index (χ4n) is 3.13. The monoisotopic (exact) mass is 415 g/mol. The first kappa shape index (κ1) is 21.8. The summed E-state index contributed by atoms with van der Waals surface area (Å²) in [5.41, 5.74) is 3.76. The van der Waals surface area contributed by atoms with Gasteiger partial charge in [-0.25, -0.2) is 0 Å². The minimum absolute atomic E-state index is 0.108. The van der Waals surface area contributed by atoms with E-state index in [-0.39, 0.29) is 5.91 Å². The molecular weight excluding hydrogens is 391 g/mol. The van der Waals surface area contributed by atoms with Crippen LogP contribution in [0.5, 0.6) is 0 Å². The van der Waals surface area contributed by atoms with Crippen molar-refractivity contribution in [2.75, 3.05) is 26.3 Å². The van der Waals surface area contributed by atoms with E-state index in [1.54, 1.807) is 23.1 Å². The van der Waals surface area contributed by atoms with Crippen LogP contribution in [0, 0.1) is 13.8 Å². The molecule has 0 bridgehead atoms. The zero-order chi connectivity index (χ0) is 21.7. The number of aryl methyl sites for hydroxylation is 2. The van der Waals surface area contributed by atoms with Crippen molar-refractivity contribution in [2.45, 2.75) is 20.0 Å². The van der Waals surface area contributed by atoms with Crippen molar-refractivity contribution in [2.24, 2.45) is 0 Å². The standard InChI is InChI=1S/C24H24F3NO2/c1-17-3-7-20(15-18(17)2)21(16-23(29)28-11-13-30-14-12-28)8-4-19-5-9-22(10-6-19)24(25,26)27/h3-10,15-16H,11-14H2,1-2H3. The molecule has 0 spiro atoms. The zero-order valence-electron chi connectivity index (χ0n) is 17.0. The van der Waals surface area contributed by atoms with E-state index in [4.69, 9.17) is 4.74 Å². The van der Waals surface area contributed by atoms with Crippen LogP contribution in [0.25, 0.3) is 11.6 Å². The summed E-state index contributed by atoms with van der Waals surface area (Å²) < 4.78 is 43.6.